The SMILES string of the molecule is CC(CC(C)(NC1CC1)C(=O)O)N1CCCC(C)(C)C1. The fraction of sp³-hybridized carbons (Fsp3) is 0.938. The van der Waals surface area contributed by atoms with Gasteiger partial charge in [-0.25, -0.2) is 0 Å². The number of hydrogen-bond donors (Lipinski definition) is 2. The van der Waals surface area contributed by atoms with Crippen LogP contribution < -0.4 is 5.32 Å². The standard InChI is InChI=1S/C16H30N2O2/c1-12(18-9-5-8-15(2,3)11-18)10-16(4,14(19)20)17-13-6-7-13/h12-13,17H,5-11H2,1-4H3,(H,19,20). The van der Waals surface area contributed by atoms with E-state index in [0.717, 1.165) is 25.9 Å². The first-order chi connectivity index (χ1) is 9.22. The van der Waals surface area contributed by atoms with Crippen molar-refractivity contribution < 1.29 is 9.90 Å². The number of hydrogen-bond acceptors (Lipinski definition) is 3. The molecule has 0 spiro atoms. The molecule has 0 amide bonds. The number of rotatable bonds is 6. The maximum absolute atomic E-state index is 11.6. The van der Waals surface area contributed by atoms with Gasteiger partial charge in [0.1, 0.15) is 5.54 Å². The molecule has 1 saturated heterocycles. The Morgan fingerprint density at radius 3 is 2.65 bits per heavy atom. The van der Waals surface area contributed by atoms with E-state index in [1.54, 1.807) is 0 Å². The van der Waals surface area contributed by atoms with E-state index in [1.165, 1.54) is 12.8 Å². The summed E-state index contributed by atoms with van der Waals surface area (Å²) in [7, 11) is 0. The molecule has 0 radical (unpaired) electrons. The normalized spacial score (nSPS) is 27.8. The first kappa shape index (κ1) is 15.8. The Bertz CT molecular complexity index is 365. The second-order valence-electron chi connectivity index (χ2n) is 7.85. The minimum atomic E-state index is -0.790. The van der Waals surface area contributed by atoms with Crippen molar-refractivity contribution in [1.82, 2.24) is 10.2 Å². The highest BCUT2D eigenvalue weighted by atomic mass is 16.4. The molecule has 4 nitrogen and oxygen atoms in total. The number of carbonyl (C=O) groups is 1. The largest absolute Gasteiger partial charge is 0.480 e. The van der Waals surface area contributed by atoms with Gasteiger partial charge in [-0.05, 0) is 57.9 Å². The zero-order chi connectivity index (χ0) is 15.0. The molecule has 1 aliphatic heterocycles. The van der Waals surface area contributed by atoms with Crippen LogP contribution in [0.4, 0.5) is 0 Å². The zero-order valence-corrected chi connectivity index (χ0v) is 13.4. The zero-order valence-electron chi connectivity index (χ0n) is 13.4. The van der Waals surface area contributed by atoms with E-state index < -0.39 is 11.5 Å². The van der Waals surface area contributed by atoms with Crippen LogP contribution in [0.1, 0.15) is 59.8 Å². The van der Waals surface area contributed by atoms with Crippen molar-refractivity contribution in [2.75, 3.05) is 13.1 Å². The van der Waals surface area contributed by atoms with Crippen LogP contribution in [-0.4, -0.2) is 46.7 Å². The average molecular weight is 282 g/mol. The summed E-state index contributed by atoms with van der Waals surface area (Å²) in [5.41, 5.74) is -0.432. The third-order valence-corrected chi connectivity index (χ3v) is 4.83. The number of aliphatic carboxylic acids is 1. The van der Waals surface area contributed by atoms with E-state index in [2.05, 4.69) is 31.0 Å². The highest BCUT2D eigenvalue weighted by molar-refractivity contribution is 5.78. The van der Waals surface area contributed by atoms with E-state index in [4.69, 9.17) is 0 Å². The summed E-state index contributed by atoms with van der Waals surface area (Å²) in [5.74, 6) is -0.715. The fourth-order valence-electron chi connectivity index (χ4n) is 3.45. The molecule has 116 valence electrons. The summed E-state index contributed by atoms with van der Waals surface area (Å²) in [6, 6.07) is 0.725. The summed E-state index contributed by atoms with van der Waals surface area (Å²) >= 11 is 0. The Balaban J connectivity index is 1.96. The quantitative estimate of drug-likeness (QED) is 0.786. The molecule has 1 heterocycles. The predicted molar refractivity (Wildman–Crippen MR) is 80.9 cm³/mol. The Morgan fingerprint density at radius 1 is 1.50 bits per heavy atom. The summed E-state index contributed by atoms with van der Waals surface area (Å²) < 4.78 is 0. The Kier molecular flexibility index (Phi) is 4.45. The van der Waals surface area contributed by atoms with Gasteiger partial charge in [-0.2, -0.15) is 0 Å². The molecule has 2 unspecified atom stereocenters. The molecule has 1 aliphatic carbocycles. The predicted octanol–water partition coefficient (Wildman–Crippen LogP) is 2.48. The maximum atomic E-state index is 11.6. The highest BCUT2D eigenvalue weighted by Crippen LogP contribution is 2.32. The molecule has 4 heteroatoms. The molecular formula is C16H30N2O2. The maximum Gasteiger partial charge on any atom is 0.323 e. The van der Waals surface area contributed by atoms with Crippen molar-refractivity contribution in [3.8, 4) is 0 Å². The first-order valence-corrected chi connectivity index (χ1v) is 7.97. The Morgan fingerprint density at radius 2 is 2.15 bits per heavy atom. The molecule has 2 N–H and O–H groups in total. The van der Waals surface area contributed by atoms with E-state index in [-0.39, 0.29) is 0 Å². The number of carboxylic acids is 1. The van der Waals surface area contributed by atoms with Crippen molar-refractivity contribution >= 4 is 5.97 Å². The summed E-state index contributed by atoms with van der Waals surface area (Å²) in [6.45, 7) is 10.8. The smallest absolute Gasteiger partial charge is 0.323 e. The van der Waals surface area contributed by atoms with Crippen LogP contribution in [0, 0.1) is 5.41 Å². The van der Waals surface area contributed by atoms with Crippen molar-refractivity contribution in [2.45, 2.75) is 77.4 Å². The number of likely N-dealkylation sites (tertiary alicyclic amines) is 1. The first-order valence-electron chi connectivity index (χ1n) is 7.97. The molecule has 0 aromatic carbocycles. The van der Waals surface area contributed by atoms with Gasteiger partial charge in [0, 0.05) is 18.6 Å². The number of nitrogens with one attached hydrogen (secondary N) is 1. The molecule has 1 saturated carbocycles. The van der Waals surface area contributed by atoms with Crippen molar-refractivity contribution in [3.63, 3.8) is 0 Å². The van der Waals surface area contributed by atoms with Crippen LogP contribution in [0.15, 0.2) is 0 Å². The lowest BCUT2D eigenvalue weighted by atomic mass is 9.82. The molecule has 0 aromatic heterocycles. The van der Waals surface area contributed by atoms with Gasteiger partial charge in [0.15, 0.2) is 0 Å². The monoisotopic (exact) mass is 282 g/mol. The lowest BCUT2D eigenvalue weighted by molar-refractivity contribution is -0.145. The van der Waals surface area contributed by atoms with Gasteiger partial charge in [0.05, 0.1) is 0 Å². The molecule has 2 aliphatic rings. The van der Waals surface area contributed by atoms with Gasteiger partial charge in [0.25, 0.3) is 0 Å². The van der Waals surface area contributed by atoms with Gasteiger partial charge in [0.2, 0.25) is 0 Å². The fourth-order valence-corrected chi connectivity index (χ4v) is 3.45. The van der Waals surface area contributed by atoms with Crippen LogP contribution in [0.25, 0.3) is 0 Å². The topological polar surface area (TPSA) is 52.6 Å². The molecule has 0 aromatic rings. The number of nitrogens with zero attached hydrogens (tertiary/aromatic N) is 1. The van der Waals surface area contributed by atoms with Crippen LogP contribution in [0.3, 0.4) is 0 Å². The molecule has 0 bridgehead atoms. The lowest BCUT2D eigenvalue weighted by Crippen LogP contribution is -2.55. The van der Waals surface area contributed by atoms with Crippen molar-refractivity contribution in [3.05, 3.63) is 0 Å². The van der Waals surface area contributed by atoms with E-state index in [0.29, 0.717) is 23.9 Å². The third-order valence-electron chi connectivity index (χ3n) is 4.83. The summed E-state index contributed by atoms with van der Waals surface area (Å²) in [5, 5.41) is 12.9. The number of piperidine rings is 1. The van der Waals surface area contributed by atoms with Crippen molar-refractivity contribution in [1.29, 1.82) is 0 Å². The highest BCUT2D eigenvalue weighted by Gasteiger charge is 2.41. The average Bonchev–Trinajstić information content (AvgIpc) is 3.11. The molecular weight excluding hydrogens is 252 g/mol. The third kappa shape index (κ3) is 3.95. The second kappa shape index (κ2) is 5.64. The van der Waals surface area contributed by atoms with Gasteiger partial charge in [-0.1, -0.05) is 13.8 Å². The van der Waals surface area contributed by atoms with Gasteiger partial charge in [-0.15, -0.1) is 0 Å². The minimum absolute atomic E-state index is 0.307. The van der Waals surface area contributed by atoms with Crippen LogP contribution in [-0.2, 0) is 4.79 Å². The van der Waals surface area contributed by atoms with Gasteiger partial charge >= 0.3 is 5.97 Å². The molecule has 2 atom stereocenters. The minimum Gasteiger partial charge on any atom is -0.480 e. The molecule has 20 heavy (non-hydrogen) atoms. The van der Waals surface area contributed by atoms with Gasteiger partial charge in [-0.3, -0.25) is 10.1 Å². The Labute approximate surface area is 122 Å². The van der Waals surface area contributed by atoms with E-state index in [1.807, 2.05) is 6.92 Å². The van der Waals surface area contributed by atoms with Crippen LogP contribution in [0.2, 0.25) is 0 Å². The number of carboxylic acid groups (broad SMARTS) is 1. The molecule has 2 fully saturated rings. The summed E-state index contributed by atoms with van der Waals surface area (Å²) in [6.07, 6.45) is 5.40. The second-order valence-corrected chi connectivity index (χ2v) is 7.85. The van der Waals surface area contributed by atoms with Crippen LogP contribution in [0.5, 0.6) is 0 Å². The van der Waals surface area contributed by atoms with Crippen LogP contribution >= 0.6 is 0 Å². The van der Waals surface area contributed by atoms with E-state index >= 15 is 0 Å². The Hall–Kier alpha value is -0.610. The summed E-state index contributed by atoms with van der Waals surface area (Å²) in [4.78, 5) is 14.1. The van der Waals surface area contributed by atoms with E-state index in [9.17, 15) is 9.90 Å². The lowest BCUT2D eigenvalue weighted by Gasteiger charge is -2.43. The van der Waals surface area contributed by atoms with Gasteiger partial charge < -0.3 is 10.0 Å². The molecule has 2 rings (SSSR count). The van der Waals surface area contributed by atoms with Crippen molar-refractivity contribution in [2.24, 2.45) is 5.41 Å².